The number of aryl methyl sites for hydroxylation is 1. The molecule has 6 nitrogen and oxygen atoms in total. The van der Waals surface area contributed by atoms with E-state index in [4.69, 9.17) is 9.47 Å². The Kier molecular flexibility index (Phi) is 7.94. The van der Waals surface area contributed by atoms with Crippen LogP contribution in [0.5, 0.6) is 17.2 Å². The van der Waals surface area contributed by atoms with Gasteiger partial charge in [0, 0.05) is 31.2 Å². The lowest BCUT2D eigenvalue weighted by atomic mass is 9.95. The minimum absolute atomic E-state index is 0.0582. The van der Waals surface area contributed by atoms with Crippen LogP contribution in [0.1, 0.15) is 16.7 Å². The Morgan fingerprint density at radius 3 is 2.21 bits per heavy atom. The Hall–Kier alpha value is -4.41. The Bertz CT molecular complexity index is 1860. The van der Waals surface area contributed by atoms with Crippen LogP contribution in [0.3, 0.4) is 0 Å². The SMILES string of the molecule is COc1ccc(CN(C)S(=O)(=O)c2cccc(Oc3cccc(-c4c(C)cnc5c(C(F)(F)F)cccc45)c3)c2)cc1. The molecule has 0 saturated carbocycles. The lowest BCUT2D eigenvalue weighted by molar-refractivity contribution is -0.136. The van der Waals surface area contributed by atoms with E-state index in [0.717, 1.165) is 11.6 Å². The highest BCUT2D eigenvalue weighted by Crippen LogP contribution is 2.39. The second-order valence-electron chi connectivity index (χ2n) is 9.73. The van der Waals surface area contributed by atoms with Crippen LogP contribution in [0.15, 0.2) is 102 Å². The molecule has 0 aliphatic heterocycles. The summed E-state index contributed by atoms with van der Waals surface area (Å²) in [6, 6.07) is 24.2. The zero-order chi connectivity index (χ0) is 30.1. The van der Waals surface area contributed by atoms with Crippen LogP contribution in [0.4, 0.5) is 13.2 Å². The van der Waals surface area contributed by atoms with Crippen molar-refractivity contribution in [3.63, 3.8) is 0 Å². The summed E-state index contributed by atoms with van der Waals surface area (Å²) in [6.45, 7) is 1.95. The Labute approximate surface area is 242 Å². The van der Waals surface area contributed by atoms with Gasteiger partial charge >= 0.3 is 6.18 Å². The number of methoxy groups -OCH3 is 1. The Balaban J connectivity index is 1.43. The molecule has 42 heavy (non-hydrogen) atoms. The Morgan fingerprint density at radius 1 is 0.857 bits per heavy atom. The topological polar surface area (TPSA) is 68.7 Å². The molecule has 0 bridgehead atoms. The van der Waals surface area contributed by atoms with Crippen molar-refractivity contribution >= 4 is 20.9 Å². The Morgan fingerprint density at radius 2 is 1.52 bits per heavy atom. The van der Waals surface area contributed by atoms with E-state index >= 15 is 0 Å². The quantitative estimate of drug-likeness (QED) is 0.184. The maximum absolute atomic E-state index is 13.7. The highest BCUT2D eigenvalue weighted by atomic mass is 32.2. The smallest absolute Gasteiger partial charge is 0.418 e. The van der Waals surface area contributed by atoms with E-state index in [1.54, 1.807) is 80.8 Å². The molecule has 0 unspecified atom stereocenters. The van der Waals surface area contributed by atoms with Crippen molar-refractivity contribution < 1.29 is 31.1 Å². The zero-order valence-corrected chi connectivity index (χ0v) is 23.8. The van der Waals surface area contributed by atoms with Crippen LogP contribution >= 0.6 is 0 Å². The number of para-hydroxylation sites is 1. The largest absolute Gasteiger partial charge is 0.497 e. The van der Waals surface area contributed by atoms with E-state index < -0.39 is 21.8 Å². The zero-order valence-electron chi connectivity index (χ0n) is 23.0. The summed E-state index contributed by atoms with van der Waals surface area (Å²) in [6.07, 6.45) is -3.12. The number of rotatable bonds is 8. The van der Waals surface area contributed by atoms with E-state index in [9.17, 15) is 21.6 Å². The monoisotopic (exact) mass is 592 g/mol. The minimum Gasteiger partial charge on any atom is -0.497 e. The molecule has 0 aliphatic carbocycles. The van der Waals surface area contributed by atoms with E-state index in [-0.39, 0.29) is 17.0 Å². The molecule has 0 saturated heterocycles. The number of sulfonamides is 1. The van der Waals surface area contributed by atoms with Crippen molar-refractivity contribution in [2.24, 2.45) is 0 Å². The van der Waals surface area contributed by atoms with Gasteiger partial charge in [-0.25, -0.2) is 8.42 Å². The number of fused-ring (bicyclic) bond motifs is 1. The van der Waals surface area contributed by atoms with Gasteiger partial charge in [-0.15, -0.1) is 0 Å². The van der Waals surface area contributed by atoms with Crippen molar-refractivity contribution in [3.05, 3.63) is 114 Å². The average molecular weight is 593 g/mol. The van der Waals surface area contributed by atoms with E-state index in [1.165, 1.54) is 35.7 Å². The van der Waals surface area contributed by atoms with Gasteiger partial charge in [0.15, 0.2) is 0 Å². The molecule has 0 atom stereocenters. The van der Waals surface area contributed by atoms with Crippen LogP contribution < -0.4 is 9.47 Å². The van der Waals surface area contributed by atoms with Crippen molar-refractivity contribution in [3.8, 4) is 28.4 Å². The number of aromatic nitrogens is 1. The van der Waals surface area contributed by atoms with Crippen molar-refractivity contribution in [2.75, 3.05) is 14.2 Å². The lowest BCUT2D eigenvalue weighted by Gasteiger charge is -2.18. The molecule has 0 fully saturated rings. The fraction of sp³-hybridized carbons (Fsp3) is 0.156. The molecule has 10 heteroatoms. The third-order valence-corrected chi connectivity index (χ3v) is 8.63. The van der Waals surface area contributed by atoms with Gasteiger partial charge in [0.05, 0.1) is 23.1 Å². The molecular weight excluding hydrogens is 565 g/mol. The molecule has 0 amide bonds. The highest BCUT2D eigenvalue weighted by Gasteiger charge is 2.33. The first-order chi connectivity index (χ1) is 20.0. The maximum Gasteiger partial charge on any atom is 0.418 e. The van der Waals surface area contributed by atoms with Gasteiger partial charge in [0.1, 0.15) is 17.2 Å². The van der Waals surface area contributed by atoms with Crippen LogP contribution in [-0.4, -0.2) is 31.9 Å². The van der Waals surface area contributed by atoms with Crippen LogP contribution in [0, 0.1) is 6.92 Å². The van der Waals surface area contributed by atoms with Gasteiger partial charge in [-0.2, -0.15) is 17.5 Å². The summed E-state index contributed by atoms with van der Waals surface area (Å²) in [7, 11) is -0.778. The number of hydrogen-bond acceptors (Lipinski definition) is 5. The number of pyridine rings is 1. The molecule has 5 aromatic rings. The predicted molar refractivity (Wildman–Crippen MR) is 155 cm³/mol. The van der Waals surface area contributed by atoms with Gasteiger partial charge in [-0.05, 0) is 71.6 Å². The summed E-state index contributed by atoms with van der Waals surface area (Å²) in [4.78, 5) is 4.14. The van der Waals surface area contributed by atoms with Crippen LogP contribution in [-0.2, 0) is 22.7 Å². The molecule has 1 heterocycles. The first-order valence-corrected chi connectivity index (χ1v) is 14.3. The molecule has 0 spiro atoms. The second kappa shape index (κ2) is 11.5. The fourth-order valence-electron chi connectivity index (χ4n) is 4.74. The number of nitrogens with zero attached hydrogens (tertiary/aromatic N) is 2. The normalized spacial score (nSPS) is 12.1. The van der Waals surface area contributed by atoms with Crippen molar-refractivity contribution in [2.45, 2.75) is 24.5 Å². The van der Waals surface area contributed by atoms with Crippen molar-refractivity contribution in [1.29, 1.82) is 0 Å². The number of halogens is 3. The van der Waals surface area contributed by atoms with E-state index in [1.807, 2.05) is 0 Å². The first kappa shape index (κ1) is 29.1. The molecular formula is C32H27F3N2O4S. The summed E-state index contributed by atoms with van der Waals surface area (Å²) >= 11 is 0. The van der Waals surface area contributed by atoms with Gasteiger partial charge in [-0.3, -0.25) is 4.98 Å². The van der Waals surface area contributed by atoms with E-state index in [0.29, 0.717) is 39.3 Å². The molecule has 4 aromatic carbocycles. The maximum atomic E-state index is 13.7. The van der Waals surface area contributed by atoms with Gasteiger partial charge in [0.2, 0.25) is 10.0 Å². The standard InChI is InChI=1S/C32H27F3N2O4S/c1-21-19-36-31-28(11-6-12-29(31)32(33,34)35)30(21)23-7-4-8-25(17-23)41-26-9-5-10-27(18-26)42(38,39)37(2)20-22-13-15-24(40-3)16-14-22/h4-19H,20H2,1-3H3. The van der Waals surface area contributed by atoms with Gasteiger partial charge < -0.3 is 9.47 Å². The van der Waals surface area contributed by atoms with Gasteiger partial charge in [-0.1, -0.05) is 42.5 Å². The summed E-state index contributed by atoms with van der Waals surface area (Å²) < 4.78 is 80.0. The molecule has 0 radical (unpaired) electrons. The number of alkyl halides is 3. The minimum atomic E-state index is -4.54. The molecule has 0 N–H and O–H groups in total. The van der Waals surface area contributed by atoms with Crippen LogP contribution in [0.2, 0.25) is 0 Å². The lowest BCUT2D eigenvalue weighted by Crippen LogP contribution is -2.26. The second-order valence-corrected chi connectivity index (χ2v) is 11.8. The number of benzene rings is 4. The average Bonchev–Trinajstić information content (AvgIpc) is 2.97. The third-order valence-electron chi connectivity index (χ3n) is 6.83. The predicted octanol–water partition coefficient (Wildman–Crippen LogP) is 7.85. The number of hydrogen-bond donors (Lipinski definition) is 0. The van der Waals surface area contributed by atoms with Gasteiger partial charge in [0.25, 0.3) is 0 Å². The fourth-order valence-corrected chi connectivity index (χ4v) is 5.93. The molecule has 5 rings (SSSR count). The van der Waals surface area contributed by atoms with Crippen molar-refractivity contribution in [1.82, 2.24) is 9.29 Å². The number of ether oxygens (including phenoxy) is 2. The molecule has 1 aromatic heterocycles. The third kappa shape index (κ3) is 5.95. The molecule has 0 aliphatic rings. The summed E-state index contributed by atoms with van der Waals surface area (Å²) in [5, 5.41) is 0.370. The highest BCUT2D eigenvalue weighted by molar-refractivity contribution is 7.89. The van der Waals surface area contributed by atoms with Crippen LogP contribution in [0.25, 0.3) is 22.0 Å². The first-order valence-electron chi connectivity index (χ1n) is 12.9. The van der Waals surface area contributed by atoms with E-state index in [2.05, 4.69) is 4.98 Å². The summed E-state index contributed by atoms with van der Waals surface area (Å²) in [5.74, 6) is 1.36. The molecule has 216 valence electrons. The summed E-state index contributed by atoms with van der Waals surface area (Å²) in [5.41, 5.74) is 1.81.